The van der Waals surface area contributed by atoms with Crippen molar-refractivity contribution in [2.75, 3.05) is 0 Å². The molecule has 4 heteroatoms. The van der Waals surface area contributed by atoms with Gasteiger partial charge < -0.3 is 0 Å². The van der Waals surface area contributed by atoms with Crippen LogP contribution in [-0.4, -0.2) is 20.9 Å². The van der Waals surface area contributed by atoms with Crippen LogP contribution < -0.4 is 10.6 Å². The molecule has 0 spiro atoms. The number of hydrogen-bond acceptors (Lipinski definition) is 2. The van der Waals surface area contributed by atoms with E-state index in [4.69, 9.17) is 0 Å². The van der Waals surface area contributed by atoms with Gasteiger partial charge in [-0.2, -0.15) is 0 Å². The molecule has 0 aliphatic rings. The molecule has 218 valence electrons. The van der Waals surface area contributed by atoms with Crippen molar-refractivity contribution in [2.24, 2.45) is 0 Å². The summed E-state index contributed by atoms with van der Waals surface area (Å²) in [5.74, 6) is -0.350. The van der Waals surface area contributed by atoms with Gasteiger partial charge in [0.25, 0.3) is 11.8 Å². The predicted octanol–water partition coefficient (Wildman–Crippen LogP) is 8.94. The van der Waals surface area contributed by atoms with Crippen LogP contribution in [0, 0.1) is 0 Å². The van der Waals surface area contributed by atoms with Gasteiger partial charge >= 0.3 is 0 Å². The van der Waals surface area contributed by atoms with Gasteiger partial charge in [0.2, 0.25) is 0 Å². The van der Waals surface area contributed by atoms with E-state index in [0.29, 0.717) is 22.4 Å². The Kier molecular flexibility index (Phi) is 11.8. The molecule has 0 saturated heterocycles. The minimum atomic E-state index is -0.184. The van der Waals surface area contributed by atoms with Crippen molar-refractivity contribution in [3.63, 3.8) is 0 Å². The molecule has 0 atom stereocenters. The summed E-state index contributed by atoms with van der Waals surface area (Å²) >= 11 is 0. The second-order valence-electron chi connectivity index (χ2n) is 9.32. The number of fused-ring (bicyclic) bond motifs is 2. The van der Waals surface area contributed by atoms with Crippen LogP contribution in [0.2, 0.25) is 0 Å². The summed E-state index contributed by atoms with van der Waals surface area (Å²) in [7, 11) is 0. The van der Waals surface area contributed by atoms with Crippen LogP contribution in [0.25, 0.3) is 45.6 Å². The van der Waals surface area contributed by atoms with Crippen molar-refractivity contribution < 1.29 is 9.59 Å². The molecule has 0 radical (unpaired) electrons. The first-order chi connectivity index (χ1) is 20.2. The second kappa shape index (κ2) is 14.8. The first kappa shape index (κ1) is 33.5. The topological polar surface area (TPSA) is 44.0 Å². The highest BCUT2D eigenvalue weighted by molar-refractivity contribution is 6.09. The summed E-state index contributed by atoms with van der Waals surface area (Å²) < 4.78 is 3.39. The highest BCUT2D eigenvalue weighted by Crippen LogP contribution is 2.35. The maximum atomic E-state index is 13.4. The average molecular weight is 561 g/mol. The molecular formula is C38H44N2O2. The first-order valence-electron chi connectivity index (χ1n) is 14.5. The van der Waals surface area contributed by atoms with Crippen molar-refractivity contribution >= 4 is 57.4 Å². The Morgan fingerprint density at radius 2 is 1.36 bits per heavy atom. The van der Waals surface area contributed by atoms with Crippen LogP contribution in [-0.2, 0) is 0 Å². The lowest BCUT2D eigenvalue weighted by atomic mass is 9.98. The number of rotatable bonds is 6. The third-order valence-electron chi connectivity index (χ3n) is 6.62. The normalized spacial score (nSPS) is 11.6. The smallest absolute Gasteiger partial charge is 0.257 e. The predicted molar refractivity (Wildman–Crippen MR) is 184 cm³/mol. The largest absolute Gasteiger partial charge is 0.276 e. The highest BCUT2D eigenvalue weighted by Gasteiger charge is 2.24. The van der Waals surface area contributed by atoms with E-state index >= 15 is 0 Å². The molecule has 0 fully saturated rings. The van der Waals surface area contributed by atoms with Crippen LogP contribution in [0.15, 0.2) is 92.1 Å². The molecule has 0 amide bonds. The van der Waals surface area contributed by atoms with E-state index in [9.17, 15) is 9.59 Å². The van der Waals surface area contributed by atoms with Gasteiger partial charge in [-0.05, 0) is 57.0 Å². The van der Waals surface area contributed by atoms with Crippen LogP contribution >= 0.6 is 0 Å². The van der Waals surface area contributed by atoms with Gasteiger partial charge in [-0.1, -0.05) is 109 Å². The zero-order chi connectivity index (χ0) is 31.7. The van der Waals surface area contributed by atoms with E-state index in [0.717, 1.165) is 43.5 Å². The van der Waals surface area contributed by atoms with E-state index in [-0.39, 0.29) is 11.8 Å². The summed E-state index contributed by atoms with van der Waals surface area (Å²) in [5.41, 5.74) is 5.60. The maximum absolute atomic E-state index is 13.4. The molecule has 2 aromatic carbocycles. The Hall–Kier alpha value is -4.70. The Balaban J connectivity index is 0.00000148. The SMILES string of the molecule is C=C/C=c1\c(=C/C)n(C(=O)C(=C)C)c2ccc(C(=C)c3c(/C=C\C)c4ccccc4n3C(=O)C(=C)C)cc12.CC.CC. The van der Waals surface area contributed by atoms with Crippen LogP contribution in [0.1, 0.15) is 81.8 Å². The Bertz CT molecular complexity index is 1850. The van der Waals surface area contributed by atoms with Gasteiger partial charge in [0, 0.05) is 32.7 Å². The third kappa shape index (κ3) is 5.99. The molecule has 0 N–H and O–H groups in total. The Labute approximate surface area is 250 Å². The van der Waals surface area contributed by atoms with Crippen LogP contribution in [0.3, 0.4) is 0 Å². The standard InChI is InChI=1S/C34H32N2O2.2C2H6/c1-9-14-25-28-20-24(18-19-31(28)35(29(25)11-3)33(37)21(4)5)23(8)32-27(15-10-2)26-16-12-13-17-30(26)36(32)34(38)22(6)7;2*1-2/h9-20H,1,4,6,8H2,2-3,5,7H3;2*1-2H3/b15-10-,25-14-,29-11+;;. The van der Waals surface area contributed by atoms with Gasteiger partial charge in [-0.15, -0.1) is 0 Å². The maximum Gasteiger partial charge on any atom is 0.257 e. The first-order valence-corrected chi connectivity index (χ1v) is 14.5. The van der Waals surface area contributed by atoms with Crippen molar-refractivity contribution in [3.8, 4) is 0 Å². The summed E-state index contributed by atoms with van der Waals surface area (Å²) in [5, 5.41) is 3.50. The lowest BCUT2D eigenvalue weighted by molar-refractivity contribution is 0.0950. The molecule has 4 nitrogen and oxygen atoms in total. The number of para-hydroxylation sites is 1. The van der Waals surface area contributed by atoms with E-state index in [1.54, 1.807) is 29.1 Å². The Morgan fingerprint density at radius 3 is 1.90 bits per heavy atom. The number of aromatic nitrogens is 2. The van der Waals surface area contributed by atoms with Crippen molar-refractivity contribution in [1.29, 1.82) is 0 Å². The van der Waals surface area contributed by atoms with Gasteiger partial charge in [0.1, 0.15) is 0 Å². The average Bonchev–Trinajstić information content (AvgIpc) is 3.50. The van der Waals surface area contributed by atoms with Gasteiger partial charge in [0.15, 0.2) is 0 Å². The van der Waals surface area contributed by atoms with Crippen molar-refractivity contribution in [2.45, 2.75) is 55.4 Å². The fourth-order valence-electron chi connectivity index (χ4n) is 4.95. The van der Waals surface area contributed by atoms with E-state index < -0.39 is 0 Å². The summed E-state index contributed by atoms with van der Waals surface area (Å²) in [6.07, 6.45) is 9.50. The molecule has 0 aliphatic heterocycles. The lowest BCUT2D eigenvalue weighted by Gasteiger charge is -2.14. The Morgan fingerprint density at radius 1 is 0.786 bits per heavy atom. The number of nitrogens with zero attached hydrogens (tertiary/aromatic N) is 2. The van der Waals surface area contributed by atoms with E-state index in [1.807, 2.05) is 108 Å². The van der Waals surface area contributed by atoms with Crippen LogP contribution in [0.5, 0.6) is 0 Å². The fourth-order valence-corrected chi connectivity index (χ4v) is 4.95. The fraction of sp³-hybridized carbons (Fsp3) is 0.211. The molecule has 4 rings (SSSR count). The molecule has 0 saturated carbocycles. The van der Waals surface area contributed by atoms with Gasteiger partial charge in [-0.3, -0.25) is 18.7 Å². The molecule has 0 unspecified atom stereocenters. The molecule has 2 aromatic heterocycles. The summed E-state index contributed by atoms with van der Waals surface area (Å²) in [6.45, 7) is 31.4. The van der Waals surface area contributed by atoms with Crippen LogP contribution in [0.4, 0.5) is 0 Å². The zero-order valence-corrected chi connectivity index (χ0v) is 26.5. The summed E-state index contributed by atoms with van der Waals surface area (Å²) in [6, 6.07) is 13.7. The number of benzene rings is 2. The monoisotopic (exact) mass is 560 g/mol. The van der Waals surface area contributed by atoms with Gasteiger partial charge in [-0.25, -0.2) is 0 Å². The van der Waals surface area contributed by atoms with E-state index in [1.165, 1.54) is 0 Å². The van der Waals surface area contributed by atoms with Crippen molar-refractivity contribution in [3.05, 3.63) is 119 Å². The number of allylic oxidation sites excluding steroid dienone is 4. The lowest BCUT2D eigenvalue weighted by Crippen LogP contribution is -2.32. The highest BCUT2D eigenvalue weighted by atomic mass is 16.2. The number of carbonyl (C=O) groups excluding carboxylic acids is 2. The van der Waals surface area contributed by atoms with E-state index in [2.05, 4.69) is 26.3 Å². The zero-order valence-electron chi connectivity index (χ0n) is 26.5. The molecular weight excluding hydrogens is 516 g/mol. The minimum Gasteiger partial charge on any atom is -0.276 e. The quantitative estimate of drug-likeness (QED) is 0.221. The second-order valence-corrected chi connectivity index (χ2v) is 9.32. The number of carbonyl (C=O) groups is 2. The molecule has 0 bridgehead atoms. The molecule has 4 aromatic rings. The van der Waals surface area contributed by atoms with Gasteiger partial charge in [0.05, 0.1) is 22.1 Å². The third-order valence-corrected chi connectivity index (χ3v) is 6.62. The number of hydrogen-bond donors (Lipinski definition) is 0. The summed E-state index contributed by atoms with van der Waals surface area (Å²) in [4.78, 5) is 26.6. The molecule has 2 heterocycles. The van der Waals surface area contributed by atoms with Crippen molar-refractivity contribution in [1.82, 2.24) is 9.13 Å². The molecule has 42 heavy (non-hydrogen) atoms. The molecule has 0 aliphatic carbocycles. The minimum absolute atomic E-state index is 0.166.